The van der Waals surface area contributed by atoms with Crippen molar-refractivity contribution < 1.29 is 19.4 Å². The molecule has 0 radical (unpaired) electrons. The molecule has 122 valence electrons. The molecule has 0 bridgehead atoms. The predicted molar refractivity (Wildman–Crippen MR) is 84.1 cm³/mol. The lowest BCUT2D eigenvalue weighted by Gasteiger charge is -2.13. The van der Waals surface area contributed by atoms with Crippen LogP contribution in [0.3, 0.4) is 0 Å². The summed E-state index contributed by atoms with van der Waals surface area (Å²) in [5, 5.41) is 15.2. The smallest absolute Gasteiger partial charge is 0.407 e. The molecule has 1 atom stereocenters. The van der Waals surface area contributed by atoms with E-state index in [-0.39, 0.29) is 19.0 Å². The number of carbonyl (C=O) groups excluding carboxylic acids is 2. The van der Waals surface area contributed by atoms with Crippen LogP contribution in [-0.4, -0.2) is 42.9 Å². The number of benzene rings is 1. The normalized spacial score (nSPS) is 11.6. The van der Waals surface area contributed by atoms with E-state index in [4.69, 9.17) is 16.3 Å². The number of unbranched alkanes of at least 4 members (excludes halogenated alkanes) is 1. The average molecular weight is 329 g/mol. The van der Waals surface area contributed by atoms with Gasteiger partial charge in [-0.1, -0.05) is 24.9 Å². The van der Waals surface area contributed by atoms with Crippen molar-refractivity contribution in [2.45, 2.75) is 25.9 Å². The van der Waals surface area contributed by atoms with Crippen molar-refractivity contribution in [1.82, 2.24) is 10.6 Å². The Balaban J connectivity index is 2.22. The number of amides is 2. The number of hydrogen-bond donors (Lipinski definition) is 3. The van der Waals surface area contributed by atoms with Gasteiger partial charge in [0, 0.05) is 23.7 Å². The zero-order valence-corrected chi connectivity index (χ0v) is 13.2. The van der Waals surface area contributed by atoms with Gasteiger partial charge in [-0.2, -0.15) is 0 Å². The average Bonchev–Trinajstić information content (AvgIpc) is 2.51. The van der Waals surface area contributed by atoms with Crippen molar-refractivity contribution in [2.75, 3.05) is 19.7 Å². The maximum atomic E-state index is 11.8. The topological polar surface area (TPSA) is 87.7 Å². The Bertz CT molecular complexity index is 479. The molecular weight excluding hydrogens is 308 g/mol. The van der Waals surface area contributed by atoms with E-state index >= 15 is 0 Å². The molecule has 6 nitrogen and oxygen atoms in total. The summed E-state index contributed by atoms with van der Waals surface area (Å²) in [7, 11) is 0. The maximum Gasteiger partial charge on any atom is 0.407 e. The van der Waals surface area contributed by atoms with Crippen LogP contribution in [0.15, 0.2) is 24.3 Å². The number of carbonyl (C=O) groups is 2. The summed E-state index contributed by atoms with van der Waals surface area (Å²) >= 11 is 5.74. The number of rotatable bonds is 8. The summed E-state index contributed by atoms with van der Waals surface area (Å²) in [6.07, 6.45) is 0.270. The number of nitrogens with one attached hydrogen (secondary N) is 2. The minimum absolute atomic E-state index is 0.00581. The van der Waals surface area contributed by atoms with Crippen LogP contribution < -0.4 is 10.6 Å². The molecule has 0 aliphatic rings. The van der Waals surface area contributed by atoms with E-state index in [1.807, 2.05) is 6.92 Å². The van der Waals surface area contributed by atoms with Crippen LogP contribution in [0, 0.1) is 0 Å². The third kappa shape index (κ3) is 7.28. The quantitative estimate of drug-likeness (QED) is 0.636. The molecule has 0 fully saturated rings. The third-order valence-corrected chi connectivity index (χ3v) is 3.07. The van der Waals surface area contributed by atoms with Gasteiger partial charge in [-0.15, -0.1) is 0 Å². The van der Waals surface area contributed by atoms with Gasteiger partial charge in [-0.3, -0.25) is 4.79 Å². The van der Waals surface area contributed by atoms with Crippen molar-refractivity contribution in [1.29, 1.82) is 0 Å². The molecule has 1 aromatic carbocycles. The first kappa shape index (κ1) is 18.3. The van der Waals surface area contributed by atoms with Gasteiger partial charge in [-0.05, 0) is 30.7 Å². The van der Waals surface area contributed by atoms with Gasteiger partial charge in [0.2, 0.25) is 0 Å². The first-order valence-corrected chi connectivity index (χ1v) is 7.53. The Morgan fingerprint density at radius 3 is 2.50 bits per heavy atom. The summed E-state index contributed by atoms with van der Waals surface area (Å²) in [6.45, 7) is 2.38. The lowest BCUT2D eigenvalue weighted by Crippen LogP contribution is -2.40. The second-order valence-corrected chi connectivity index (χ2v) is 5.18. The van der Waals surface area contributed by atoms with Crippen LogP contribution in [-0.2, 0) is 4.74 Å². The summed E-state index contributed by atoms with van der Waals surface area (Å²) < 4.78 is 4.88. The lowest BCUT2D eigenvalue weighted by atomic mass is 10.2. The van der Waals surface area contributed by atoms with Crippen LogP contribution in [0.1, 0.15) is 30.1 Å². The molecule has 2 amide bonds. The van der Waals surface area contributed by atoms with Crippen LogP contribution in [0.2, 0.25) is 5.02 Å². The van der Waals surface area contributed by atoms with Crippen molar-refractivity contribution >= 4 is 23.6 Å². The number of hydrogen-bond acceptors (Lipinski definition) is 4. The van der Waals surface area contributed by atoms with Gasteiger partial charge in [0.25, 0.3) is 5.91 Å². The van der Waals surface area contributed by atoms with Gasteiger partial charge < -0.3 is 20.5 Å². The fraction of sp³-hybridized carbons (Fsp3) is 0.467. The second-order valence-electron chi connectivity index (χ2n) is 4.74. The number of alkyl carbamates (subject to hydrolysis) is 1. The summed E-state index contributed by atoms with van der Waals surface area (Å²) in [5.41, 5.74) is 0.448. The zero-order chi connectivity index (χ0) is 16.4. The molecule has 1 unspecified atom stereocenters. The number of ether oxygens (including phenoxy) is 1. The molecule has 0 aromatic heterocycles. The van der Waals surface area contributed by atoms with E-state index < -0.39 is 12.2 Å². The molecule has 0 saturated heterocycles. The number of halogens is 1. The van der Waals surface area contributed by atoms with E-state index in [2.05, 4.69) is 10.6 Å². The molecule has 1 aromatic rings. The Kier molecular flexibility index (Phi) is 8.32. The summed E-state index contributed by atoms with van der Waals surface area (Å²) in [6, 6.07) is 6.41. The van der Waals surface area contributed by atoms with E-state index in [0.717, 1.165) is 12.8 Å². The number of aliphatic hydroxyl groups is 1. The SMILES string of the molecule is CCCCOC(=O)NCC(O)CNC(=O)c1ccc(Cl)cc1. The van der Waals surface area contributed by atoms with E-state index in [0.29, 0.717) is 17.2 Å². The third-order valence-electron chi connectivity index (χ3n) is 2.82. The molecule has 0 spiro atoms. The standard InChI is InChI=1S/C15H21ClN2O4/c1-2-3-8-22-15(21)18-10-13(19)9-17-14(20)11-4-6-12(16)7-5-11/h4-7,13,19H,2-3,8-10H2,1H3,(H,17,20)(H,18,21). The monoisotopic (exact) mass is 328 g/mol. The minimum Gasteiger partial charge on any atom is -0.450 e. The van der Waals surface area contributed by atoms with Crippen molar-refractivity contribution in [2.24, 2.45) is 0 Å². The van der Waals surface area contributed by atoms with Crippen molar-refractivity contribution in [3.05, 3.63) is 34.9 Å². The Hall–Kier alpha value is -1.79. The first-order valence-electron chi connectivity index (χ1n) is 7.15. The first-order chi connectivity index (χ1) is 10.5. The highest BCUT2D eigenvalue weighted by atomic mass is 35.5. The van der Waals surface area contributed by atoms with Crippen molar-refractivity contribution in [3.8, 4) is 0 Å². The fourth-order valence-corrected chi connectivity index (χ4v) is 1.67. The Labute approximate surface area is 134 Å². The largest absolute Gasteiger partial charge is 0.450 e. The second kappa shape index (κ2) is 10.0. The van der Waals surface area contributed by atoms with Gasteiger partial charge in [0.05, 0.1) is 12.7 Å². The maximum absolute atomic E-state index is 11.8. The van der Waals surface area contributed by atoms with Gasteiger partial charge in [0.1, 0.15) is 0 Å². The Morgan fingerprint density at radius 1 is 1.23 bits per heavy atom. The van der Waals surface area contributed by atoms with E-state index in [1.165, 1.54) is 0 Å². The molecular formula is C15H21ClN2O4. The molecule has 0 saturated carbocycles. The highest BCUT2D eigenvalue weighted by Gasteiger charge is 2.10. The van der Waals surface area contributed by atoms with Crippen LogP contribution in [0.25, 0.3) is 0 Å². The van der Waals surface area contributed by atoms with Gasteiger partial charge >= 0.3 is 6.09 Å². The highest BCUT2D eigenvalue weighted by molar-refractivity contribution is 6.30. The van der Waals surface area contributed by atoms with Crippen molar-refractivity contribution in [3.63, 3.8) is 0 Å². The Morgan fingerprint density at radius 2 is 1.86 bits per heavy atom. The van der Waals surface area contributed by atoms with E-state index in [1.54, 1.807) is 24.3 Å². The van der Waals surface area contributed by atoms with Crippen LogP contribution >= 0.6 is 11.6 Å². The summed E-state index contributed by atoms with van der Waals surface area (Å²) in [4.78, 5) is 23.1. The van der Waals surface area contributed by atoms with Gasteiger partial charge in [-0.25, -0.2) is 4.79 Å². The van der Waals surface area contributed by atoms with Gasteiger partial charge in [0.15, 0.2) is 0 Å². The van der Waals surface area contributed by atoms with Crippen LogP contribution in [0.4, 0.5) is 4.79 Å². The molecule has 22 heavy (non-hydrogen) atoms. The molecule has 0 aliphatic heterocycles. The van der Waals surface area contributed by atoms with Crippen LogP contribution in [0.5, 0.6) is 0 Å². The highest BCUT2D eigenvalue weighted by Crippen LogP contribution is 2.09. The molecule has 0 heterocycles. The zero-order valence-electron chi connectivity index (χ0n) is 12.5. The molecule has 1 rings (SSSR count). The predicted octanol–water partition coefficient (Wildman–Crippen LogP) is 1.96. The molecule has 3 N–H and O–H groups in total. The fourth-order valence-electron chi connectivity index (χ4n) is 1.55. The van der Waals surface area contributed by atoms with E-state index in [9.17, 15) is 14.7 Å². The molecule has 0 aliphatic carbocycles. The molecule has 7 heteroatoms. The minimum atomic E-state index is -0.894. The summed E-state index contributed by atoms with van der Waals surface area (Å²) in [5.74, 6) is -0.318. The lowest BCUT2D eigenvalue weighted by molar-refractivity contribution is 0.0912. The number of aliphatic hydroxyl groups excluding tert-OH is 1.